The molecule has 2 nitrogen and oxygen atoms in total. The standard InChI is InChI=1S/C12H11NOS/c13-12(14)8-9-3-5-10(6-4-9)11-2-1-7-15-11/h1-7H,8H2,(H2,13,14). The van der Waals surface area contributed by atoms with E-state index in [1.54, 1.807) is 11.3 Å². The molecule has 0 saturated carbocycles. The monoisotopic (exact) mass is 217 g/mol. The van der Waals surface area contributed by atoms with Crippen LogP contribution in [0.1, 0.15) is 5.56 Å². The number of rotatable bonds is 3. The van der Waals surface area contributed by atoms with Crippen LogP contribution in [0.2, 0.25) is 0 Å². The Balaban J connectivity index is 2.21. The number of amides is 1. The van der Waals surface area contributed by atoms with Gasteiger partial charge in [-0.1, -0.05) is 30.3 Å². The second-order valence-corrected chi connectivity index (χ2v) is 4.27. The van der Waals surface area contributed by atoms with Crippen molar-refractivity contribution >= 4 is 17.2 Å². The summed E-state index contributed by atoms with van der Waals surface area (Å²) in [5.41, 5.74) is 7.26. The van der Waals surface area contributed by atoms with Gasteiger partial charge in [0.15, 0.2) is 0 Å². The second kappa shape index (κ2) is 4.28. The van der Waals surface area contributed by atoms with Crippen molar-refractivity contribution in [2.24, 2.45) is 5.73 Å². The third-order valence-electron chi connectivity index (χ3n) is 2.14. The highest BCUT2D eigenvalue weighted by Gasteiger charge is 2.00. The molecule has 0 aliphatic heterocycles. The summed E-state index contributed by atoms with van der Waals surface area (Å²) in [5, 5.41) is 2.05. The Morgan fingerprint density at radius 2 is 1.93 bits per heavy atom. The normalized spacial score (nSPS) is 10.1. The van der Waals surface area contributed by atoms with E-state index in [-0.39, 0.29) is 5.91 Å². The van der Waals surface area contributed by atoms with E-state index in [9.17, 15) is 4.79 Å². The minimum Gasteiger partial charge on any atom is -0.369 e. The molecule has 0 bridgehead atoms. The van der Waals surface area contributed by atoms with Crippen LogP contribution in [0.15, 0.2) is 41.8 Å². The molecular formula is C12H11NOS. The first-order valence-electron chi connectivity index (χ1n) is 4.67. The summed E-state index contributed by atoms with van der Waals surface area (Å²) < 4.78 is 0. The molecule has 0 fully saturated rings. The van der Waals surface area contributed by atoms with Crippen LogP contribution in [0, 0.1) is 0 Å². The average Bonchev–Trinajstić information content (AvgIpc) is 2.71. The van der Waals surface area contributed by atoms with Gasteiger partial charge in [-0.2, -0.15) is 0 Å². The van der Waals surface area contributed by atoms with Crippen LogP contribution in [0.4, 0.5) is 0 Å². The molecule has 3 heteroatoms. The van der Waals surface area contributed by atoms with E-state index in [4.69, 9.17) is 5.73 Å². The van der Waals surface area contributed by atoms with E-state index in [1.165, 1.54) is 10.4 Å². The van der Waals surface area contributed by atoms with Gasteiger partial charge in [-0.15, -0.1) is 11.3 Å². The molecule has 0 aliphatic rings. The van der Waals surface area contributed by atoms with Gasteiger partial charge >= 0.3 is 0 Å². The van der Waals surface area contributed by atoms with Crippen LogP contribution >= 0.6 is 11.3 Å². The Hall–Kier alpha value is -1.61. The summed E-state index contributed by atoms with van der Waals surface area (Å²) in [6.45, 7) is 0. The van der Waals surface area contributed by atoms with Gasteiger partial charge < -0.3 is 5.73 Å². The molecule has 1 aromatic heterocycles. The summed E-state index contributed by atoms with van der Waals surface area (Å²) in [7, 11) is 0. The summed E-state index contributed by atoms with van der Waals surface area (Å²) in [6, 6.07) is 12.0. The molecule has 0 unspecified atom stereocenters. The van der Waals surface area contributed by atoms with Crippen LogP contribution in [-0.2, 0) is 11.2 Å². The van der Waals surface area contributed by atoms with Gasteiger partial charge in [0.1, 0.15) is 0 Å². The van der Waals surface area contributed by atoms with Crippen molar-refractivity contribution in [2.75, 3.05) is 0 Å². The molecule has 2 N–H and O–H groups in total. The van der Waals surface area contributed by atoms with Crippen LogP contribution in [0.5, 0.6) is 0 Å². The molecule has 1 amide bonds. The number of benzene rings is 1. The number of hydrogen-bond acceptors (Lipinski definition) is 2. The van der Waals surface area contributed by atoms with Crippen molar-refractivity contribution < 1.29 is 4.79 Å². The molecular weight excluding hydrogens is 206 g/mol. The number of thiophene rings is 1. The van der Waals surface area contributed by atoms with E-state index >= 15 is 0 Å². The number of hydrogen-bond donors (Lipinski definition) is 1. The molecule has 0 atom stereocenters. The van der Waals surface area contributed by atoms with Crippen LogP contribution in [0.25, 0.3) is 10.4 Å². The van der Waals surface area contributed by atoms with Gasteiger partial charge in [0, 0.05) is 4.88 Å². The van der Waals surface area contributed by atoms with E-state index in [1.807, 2.05) is 35.7 Å². The molecule has 2 rings (SSSR count). The third kappa shape index (κ3) is 2.44. The zero-order valence-corrected chi connectivity index (χ0v) is 8.96. The average molecular weight is 217 g/mol. The fraction of sp³-hybridized carbons (Fsp3) is 0.0833. The first-order chi connectivity index (χ1) is 7.25. The van der Waals surface area contributed by atoms with Crippen molar-refractivity contribution in [3.8, 4) is 10.4 Å². The zero-order valence-electron chi connectivity index (χ0n) is 8.14. The van der Waals surface area contributed by atoms with Crippen molar-refractivity contribution in [1.82, 2.24) is 0 Å². The molecule has 76 valence electrons. The lowest BCUT2D eigenvalue weighted by Gasteiger charge is -2.00. The number of carbonyl (C=O) groups excluding carboxylic acids is 1. The van der Waals surface area contributed by atoms with Gasteiger partial charge in [-0.05, 0) is 22.6 Å². The number of primary amides is 1. The summed E-state index contributed by atoms with van der Waals surface area (Å²) >= 11 is 1.70. The lowest BCUT2D eigenvalue weighted by atomic mass is 10.1. The Kier molecular flexibility index (Phi) is 2.83. The van der Waals surface area contributed by atoms with Crippen LogP contribution in [-0.4, -0.2) is 5.91 Å². The van der Waals surface area contributed by atoms with Crippen LogP contribution < -0.4 is 5.73 Å². The van der Waals surface area contributed by atoms with Gasteiger partial charge in [0.25, 0.3) is 0 Å². The predicted molar refractivity (Wildman–Crippen MR) is 62.7 cm³/mol. The van der Waals surface area contributed by atoms with E-state index in [0.717, 1.165) is 5.56 Å². The van der Waals surface area contributed by atoms with Crippen molar-refractivity contribution in [1.29, 1.82) is 0 Å². The molecule has 0 radical (unpaired) electrons. The topological polar surface area (TPSA) is 43.1 Å². The van der Waals surface area contributed by atoms with Crippen molar-refractivity contribution in [3.63, 3.8) is 0 Å². The smallest absolute Gasteiger partial charge is 0.221 e. The lowest BCUT2D eigenvalue weighted by Crippen LogP contribution is -2.13. The molecule has 1 heterocycles. The second-order valence-electron chi connectivity index (χ2n) is 3.32. The van der Waals surface area contributed by atoms with Gasteiger partial charge in [0.2, 0.25) is 5.91 Å². The largest absolute Gasteiger partial charge is 0.369 e. The van der Waals surface area contributed by atoms with E-state index in [0.29, 0.717) is 6.42 Å². The fourth-order valence-corrected chi connectivity index (χ4v) is 2.16. The molecule has 15 heavy (non-hydrogen) atoms. The first kappa shape index (κ1) is 9.93. The van der Waals surface area contributed by atoms with E-state index in [2.05, 4.69) is 6.07 Å². The Labute approximate surface area is 92.4 Å². The quantitative estimate of drug-likeness (QED) is 0.843. The Morgan fingerprint density at radius 3 is 2.47 bits per heavy atom. The molecule has 0 spiro atoms. The maximum Gasteiger partial charge on any atom is 0.221 e. The summed E-state index contributed by atoms with van der Waals surface area (Å²) in [6.07, 6.45) is 0.310. The highest BCUT2D eigenvalue weighted by Crippen LogP contribution is 2.24. The SMILES string of the molecule is NC(=O)Cc1ccc(-c2cccs2)cc1. The minimum atomic E-state index is -0.293. The summed E-state index contributed by atoms with van der Waals surface area (Å²) in [4.78, 5) is 11.9. The van der Waals surface area contributed by atoms with E-state index < -0.39 is 0 Å². The summed E-state index contributed by atoms with van der Waals surface area (Å²) in [5.74, 6) is -0.293. The zero-order chi connectivity index (χ0) is 10.7. The molecule has 2 aromatic rings. The predicted octanol–water partition coefficient (Wildman–Crippen LogP) is 2.44. The van der Waals surface area contributed by atoms with Crippen LogP contribution in [0.3, 0.4) is 0 Å². The number of nitrogens with two attached hydrogens (primary N) is 1. The minimum absolute atomic E-state index is 0.293. The first-order valence-corrected chi connectivity index (χ1v) is 5.55. The molecule has 0 aliphatic carbocycles. The van der Waals surface area contributed by atoms with Gasteiger partial charge in [-0.3, -0.25) is 4.79 Å². The highest BCUT2D eigenvalue weighted by atomic mass is 32.1. The molecule has 1 aromatic carbocycles. The van der Waals surface area contributed by atoms with Gasteiger partial charge in [-0.25, -0.2) is 0 Å². The fourth-order valence-electron chi connectivity index (χ4n) is 1.43. The maximum absolute atomic E-state index is 10.7. The number of carbonyl (C=O) groups is 1. The molecule has 0 saturated heterocycles. The third-order valence-corrected chi connectivity index (χ3v) is 3.06. The lowest BCUT2D eigenvalue weighted by molar-refractivity contribution is -0.117. The van der Waals surface area contributed by atoms with Gasteiger partial charge in [0.05, 0.1) is 6.42 Å². The van der Waals surface area contributed by atoms with Crippen molar-refractivity contribution in [2.45, 2.75) is 6.42 Å². The Bertz CT molecular complexity index is 445. The Morgan fingerprint density at radius 1 is 1.20 bits per heavy atom. The highest BCUT2D eigenvalue weighted by molar-refractivity contribution is 7.13. The maximum atomic E-state index is 10.7. The van der Waals surface area contributed by atoms with Crippen molar-refractivity contribution in [3.05, 3.63) is 47.3 Å².